The fourth-order valence-electron chi connectivity index (χ4n) is 5.39. The van der Waals surface area contributed by atoms with E-state index in [1.165, 1.54) is 0 Å². The standard InChI is InChI=1S/C40H38B2N4O6/c43-27-35(25-31-7-15-39(16-8-31)51-23-3-21-45-19-1-5-37(29-45)41(47)48)33-11-13-34(14-12-33)36(28-44)26-32-9-17-40(18-10-32)52-24-4-22-46-20-2-6-38(30-46)42(49)50/h1-2,5-20,25-26,29-30,47-50H,3-4,21-24H2/q+2/b35-25-,36-26+. The first kappa shape index (κ1) is 37.3. The highest BCUT2D eigenvalue weighted by Gasteiger charge is 2.16. The van der Waals surface area contributed by atoms with Crippen LogP contribution in [-0.2, 0) is 13.1 Å². The van der Waals surface area contributed by atoms with Crippen LogP contribution in [0.3, 0.4) is 0 Å². The Morgan fingerprint density at radius 2 is 0.962 bits per heavy atom. The van der Waals surface area contributed by atoms with Crippen molar-refractivity contribution in [2.75, 3.05) is 13.2 Å². The van der Waals surface area contributed by atoms with Crippen molar-refractivity contribution in [2.45, 2.75) is 25.9 Å². The molecule has 5 rings (SSSR count). The number of allylic oxidation sites excluding steroid dienone is 2. The summed E-state index contributed by atoms with van der Waals surface area (Å²) in [4.78, 5) is 0. The molecule has 0 aliphatic carbocycles. The first-order valence-corrected chi connectivity index (χ1v) is 16.8. The normalized spacial score (nSPS) is 11.3. The molecule has 3 aromatic carbocycles. The summed E-state index contributed by atoms with van der Waals surface area (Å²) < 4.78 is 15.5. The van der Waals surface area contributed by atoms with Gasteiger partial charge in [-0.25, -0.2) is 9.13 Å². The zero-order valence-electron chi connectivity index (χ0n) is 28.5. The molecule has 4 N–H and O–H groups in total. The Balaban J connectivity index is 1.12. The summed E-state index contributed by atoms with van der Waals surface area (Å²) >= 11 is 0. The highest BCUT2D eigenvalue weighted by Crippen LogP contribution is 2.24. The maximum Gasteiger partial charge on any atom is 0.494 e. The molecule has 0 spiro atoms. The second kappa shape index (κ2) is 18.8. The topological polar surface area (TPSA) is 155 Å². The van der Waals surface area contributed by atoms with Crippen LogP contribution in [0.4, 0.5) is 0 Å². The first-order chi connectivity index (χ1) is 25.3. The number of hydrogen-bond donors (Lipinski definition) is 4. The molecule has 0 amide bonds. The van der Waals surface area contributed by atoms with Gasteiger partial charge in [0.15, 0.2) is 37.9 Å². The Morgan fingerprint density at radius 3 is 1.31 bits per heavy atom. The van der Waals surface area contributed by atoms with Crippen LogP contribution in [-0.4, -0.2) is 47.5 Å². The van der Waals surface area contributed by atoms with E-state index in [9.17, 15) is 30.6 Å². The lowest BCUT2D eigenvalue weighted by Gasteiger charge is -2.07. The van der Waals surface area contributed by atoms with Crippen LogP contribution in [0.15, 0.2) is 122 Å². The van der Waals surface area contributed by atoms with E-state index in [1.54, 1.807) is 36.7 Å². The molecule has 0 saturated heterocycles. The van der Waals surface area contributed by atoms with Gasteiger partial charge >= 0.3 is 14.2 Å². The molecule has 12 heteroatoms. The molecule has 52 heavy (non-hydrogen) atoms. The second-order valence-corrected chi connectivity index (χ2v) is 12.0. The Kier molecular flexibility index (Phi) is 13.5. The molecule has 258 valence electrons. The Bertz CT molecular complexity index is 1920. The van der Waals surface area contributed by atoms with Gasteiger partial charge in [0.25, 0.3) is 0 Å². The number of aromatic nitrogens is 2. The van der Waals surface area contributed by atoms with Gasteiger partial charge < -0.3 is 29.6 Å². The summed E-state index contributed by atoms with van der Waals surface area (Å²) in [6.45, 7) is 2.30. The molecule has 0 unspecified atom stereocenters. The molecule has 2 aromatic heterocycles. The van der Waals surface area contributed by atoms with Crippen LogP contribution in [0.1, 0.15) is 35.1 Å². The van der Waals surface area contributed by atoms with Crippen LogP contribution < -0.4 is 29.5 Å². The van der Waals surface area contributed by atoms with Crippen molar-refractivity contribution in [3.05, 3.63) is 144 Å². The van der Waals surface area contributed by atoms with E-state index < -0.39 is 14.2 Å². The Morgan fingerprint density at radius 1 is 0.577 bits per heavy atom. The van der Waals surface area contributed by atoms with Crippen molar-refractivity contribution in [3.8, 4) is 23.6 Å². The number of aryl methyl sites for hydroxylation is 2. The first-order valence-electron chi connectivity index (χ1n) is 16.8. The fourth-order valence-corrected chi connectivity index (χ4v) is 5.39. The fraction of sp³-hybridized carbons (Fsp3) is 0.150. The minimum Gasteiger partial charge on any atom is -0.493 e. The van der Waals surface area contributed by atoms with Crippen LogP contribution in [0, 0.1) is 22.7 Å². The molecule has 0 aliphatic rings. The summed E-state index contributed by atoms with van der Waals surface area (Å²) in [5.41, 5.74) is 5.01. The number of hydrogen-bond acceptors (Lipinski definition) is 8. The van der Waals surface area contributed by atoms with Gasteiger partial charge in [0.2, 0.25) is 0 Å². The van der Waals surface area contributed by atoms with Crippen LogP contribution >= 0.6 is 0 Å². The minimum absolute atomic E-state index is 0.434. The Labute approximate surface area is 303 Å². The van der Waals surface area contributed by atoms with E-state index in [1.807, 2.05) is 106 Å². The number of nitrogens with zero attached hydrogens (tertiary/aromatic N) is 4. The minimum atomic E-state index is -1.50. The highest BCUT2D eigenvalue weighted by molar-refractivity contribution is 6.58. The molecule has 0 bridgehead atoms. The summed E-state index contributed by atoms with van der Waals surface area (Å²) in [7, 11) is -3.00. The monoisotopic (exact) mass is 692 g/mol. The summed E-state index contributed by atoms with van der Waals surface area (Å²) in [5.74, 6) is 1.42. The molecule has 0 aliphatic heterocycles. The van der Waals surface area contributed by atoms with Crippen molar-refractivity contribution in [1.82, 2.24) is 0 Å². The highest BCUT2D eigenvalue weighted by atomic mass is 16.5. The smallest absolute Gasteiger partial charge is 0.493 e. The van der Waals surface area contributed by atoms with Crippen LogP contribution in [0.5, 0.6) is 11.5 Å². The van der Waals surface area contributed by atoms with Gasteiger partial charge in [0.05, 0.1) is 36.5 Å². The lowest BCUT2D eigenvalue weighted by Crippen LogP contribution is -2.42. The van der Waals surface area contributed by atoms with Crippen molar-refractivity contribution < 1.29 is 38.7 Å². The largest absolute Gasteiger partial charge is 0.494 e. The molecule has 0 atom stereocenters. The maximum atomic E-state index is 9.91. The van der Waals surface area contributed by atoms with E-state index in [-0.39, 0.29) is 0 Å². The third-order valence-corrected chi connectivity index (χ3v) is 8.15. The molecule has 0 radical (unpaired) electrons. The van der Waals surface area contributed by atoms with Gasteiger partial charge in [0.1, 0.15) is 11.5 Å². The predicted molar refractivity (Wildman–Crippen MR) is 199 cm³/mol. The zero-order valence-corrected chi connectivity index (χ0v) is 28.5. The van der Waals surface area contributed by atoms with E-state index >= 15 is 0 Å². The van der Waals surface area contributed by atoms with E-state index in [0.717, 1.165) is 35.1 Å². The average Bonchev–Trinajstić information content (AvgIpc) is 3.17. The van der Waals surface area contributed by atoms with Crippen molar-refractivity contribution in [3.63, 3.8) is 0 Å². The number of pyridine rings is 2. The van der Waals surface area contributed by atoms with Crippen molar-refractivity contribution in [1.29, 1.82) is 10.5 Å². The van der Waals surface area contributed by atoms with Gasteiger partial charge in [0, 0.05) is 35.9 Å². The van der Waals surface area contributed by atoms with Gasteiger partial charge in [-0.1, -0.05) is 60.7 Å². The average molecular weight is 692 g/mol. The zero-order chi connectivity index (χ0) is 36.7. The molecule has 5 aromatic rings. The summed E-state index contributed by atoms with van der Waals surface area (Å²) in [6.07, 6.45) is 12.2. The predicted octanol–water partition coefficient (Wildman–Crippen LogP) is 2.69. The maximum absolute atomic E-state index is 9.91. The molecule has 2 heterocycles. The Hall–Kier alpha value is -6.01. The van der Waals surface area contributed by atoms with Crippen molar-refractivity contribution >= 4 is 48.5 Å². The van der Waals surface area contributed by atoms with Gasteiger partial charge in [-0.15, -0.1) is 0 Å². The number of rotatable bonds is 16. The third kappa shape index (κ3) is 11.0. The number of nitriles is 2. The van der Waals surface area contributed by atoms with Gasteiger partial charge in [-0.3, -0.25) is 0 Å². The summed E-state index contributed by atoms with van der Waals surface area (Å²) in [5, 5.41) is 57.2. The van der Waals surface area contributed by atoms with Gasteiger partial charge in [-0.2, -0.15) is 10.5 Å². The van der Waals surface area contributed by atoms with E-state index in [2.05, 4.69) is 12.1 Å². The summed E-state index contributed by atoms with van der Waals surface area (Å²) in [6, 6.07) is 33.7. The molecule has 0 saturated carbocycles. The van der Waals surface area contributed by atoms with Gasteiger partial charge in [-0.05, 0) is 58.7 Å². The molecular weight excluding hydrogens is 654 g/mol. The third-order valence-electron chi connectivity index (χ3n) is 8.15. The van der Waals surface area contributed by atoms with Crippen LogP contribution in [0.2, 0.25) is 0 Å². The molecule has 10 nitrogen and oxygen atoms in total. The van der Waals surface area contributed by atoms with Crippen LogP contribution in [0.25, 0.3) is 23.3 Å². The molecular formula is C40H38B2N4O6+2. The second-order valence-electron chi connectivity index (χ2n) is 12.0. The number of benzene rings is 3. The molecule has 0 fully saturated rings. The van der Waals surface area contributed by atoms with E-state index in [4.69, 9.17) is 9.47 Å². The quantitative estimate of drug-likeness (QED) is 0.0405. The SMILES string of the molecule is N#C/C(=C\c1ccc(OCCC[n+]2cccc(B(O)O)c2)cc1)c1ccc(/C(C#N)=C\c2ccc(OCCC[n+]3cccc(B(O)O)c3)cc2)cc1. The lowest BCUT2D eigenvalue weighted by atomic mass is 9.82. The number of ether oxygens (including phenoxy) is 2. The van der Waals surface area contributed by atoms with Crippen molar-refractivity contribution in [2.24, 2.45) is 0 Å². The lowest BCUT2D eigenvalue weighted by molar-refractivity contribution is -0.696. The van der Waals surface area contributed by atoms with E-state index in [0.29, 0.717) is 59.9 Å².